The zero-order chi connectivity index (χ0) is 26.2. The molecular weight excluding hydrogens is 472 g/mol. The average Bonchev–Trinajstić information content (AvgIpc) is 3.31. The van der Waals surface area contributed by atoms with Crippen LogP contribution >= 0.6 is 0 Å². The fraction of sp³-hybridized carbons (Fsp3) is 0.345. The highest BCUT2D eigenvalue weighted by Gasteiger charge is 2.28. The zero-order valence-electron chi connectivity index (χ0n) is 21.2. The molecule has 0 saturated carbocycles. The Morgan fingerprint density at radius 2 is 1.62 bits per heavy atom. The second-order valence-corrected chi connectivity index (χ2v) is 8.72. The Kier molecular flexibility index (Phi) is 8.61. The van der Waals surface area contributed by atoms with Gasteiger partial charge in [-0.3, -0.25) is 9.59 Å². The highest BCUT2D eigenvalue weighted by atomic mass is 16.6. The molecule has 2 N–H and O–H groups in total. The van der Waals surface area contributed by atoms with Crippen molar-refractivity contribution in [3.63, 3.8) is 0 Å². The Morgan fingerprint density at radius 1 is 0.892 bits per heavy atom. The minimum absolute atomic E-state index is 0.238. The topological polar surface area (TPSA) is 114 Å². The lowest BCUT2D eigenvalue weighted by Gasteiger charge is -2.14. The molecule has 0 radical (unpaired) electrons. The number of esters is 2. The number of carbonyl (C=O) groups excluding carboxylic acids is 2. The van der Waals surface area contributed by atoms with Gasteiger partial charge in [0.05, 0.1) is 19.8 Å². The van der Waals surface area contributed by atoms with Crippen LogP contribution in [0.25, 0.3) is 33.3 Å². The standard InChI is InChI=1S/C29H32N2O6/c1-3-34-28(32)24(29(33)35-4-2)8-6-5-7-15-36-23-13-11-19-16-21(10-9-20(19)17-23)27-31-25-14-12-22(30)18-26(25)37-27/h9-14,16-18,24H,3-8,15,30H2,1-2H3. The van der Waals surface area contributed by atoms with Crippen LogP contribution in [0.15, 0.2) is 59.0 Å². The van der Waals surface area contributed by atoms with Crippen molar-refractivity contribution >= 4 is 39.5 Å². The lowest BCUT2D eigenvalue weighted by molar-refractivity contribution is -0.161. The summed E-state index contributed by atoms with van der Waals surface area (Å²) in [5, 5.41) is 2.10. The summed E-state index contributed by atoms with van der Waals surface area (Å²) >= 11 is 0. The minimum Gasteiger partial charge on any atom is -0.494 e. The van der Waals surface area contributed by atoms with Crippen LogP contribution in [0.1, 0.15) is 39.5 Å². The summed E-state index contributed by atoms with van der Waals surface area (Å²) in [6, 6.07) is 17.4. The van der Waals surface area contributed by atoms with E-state index < -0.39 is 17.9 Å². The maximum absolute atomic E-state index is 12.1. The molecule has 1 aromatic heterocycles. The molecule has 0 atom stereocenters. The molecule has 0 bridgehead atoms. The SMILES string of the molecule is CCOC(=O)C(CCCCCOc1ccc2cc(-c3nc4ccc(N)cc4o3)ccc2c1)C(=O)OCC. The number of aromatic nitrogens is 1. The van der Waals surface area contributed by atoms with Gasteiger partial charge in [-0.2, -0.15) is 0 Å². The molecule has 0 aliphatic heterocycles. The fourth-order valence-corrected chi connectivity index (χ4v) is 4.15. The van der Waals surface area contributed by atoms with E-state index in [4.69, 9.17) is 24.4 Å². The first kappa shape index (κ1) is 26.0. The third-order valence-electron chi connectivity index (χ3n) is 6.02. The summed E-state index contributed by atoms with van der Waals surface area (Å²) < 4.78 is 21.9. The van der Waals surface area contributed by atoms with Crippen LogP contribution in [-0.2, 0) is 19.1 Å². The fourth-order valence-electron chi connectivity index (χ4n) is 4.15. The van der Waals surface area contributed by atoms with Crippen molar-refractivity contribution in [2.24, 2.45) is 5.92 Å². The second-order valence-electron chi connectivity index (χ2n) is 8.72. The Hall–Kier alpha value is -4.07. The number of nitrogen functional groups attached to an aromatic ring is 1. The predicted molar refractivity (Wildman–Crippen MR) is 142 cm³/mol. The van der Waals surface area contributed by atoms with Gasteiger partial charge in [-0.25, -0.2) is 4.98 Å². The molecule has 8 heteroatoms. The summed E-state index contributed by atoms with van der Waals surface area (Å²) in [6.45, 7) is 4.46. The van der Waals surface area contributed by atoms with Crippen molar-refractivity contribution < 1.29 is 28.2 Å². The number of oxazole rings is 1. The summed E-state index contributed by atoms with van der Waals surface area (Å²) in [5.74, 6) is -0.557. The first-order valence-corrected chi connectivity index (χ1v) is 12.6. The monoisotopic (exact) mass is 504 g/mol. The van der Waals surface area contributed by atoms with Gasteiger partial charge in [0.15, 0.2) is 11.5 Å². The molecule has 1 heterocycles. The average molecular weight is 505 g/mol. The molecule has 0 aliphatic rings. The number of nitrogens with zero attached hydrogens (tertiary/aromatic N) is 1. The molecule has 0 unspecified atom stereocenters. The first-order valence-electron chi connectivity index (χ1n) is 12.6. The Morgan fingerprint density at radius 3 is 2.38 bits per heavy atom. The predicted octanol–water partition coefficient (Wildman–Crippen LogP) is 5.91. The summed E-state index contributed by atoms with van der Waals surface area (Å²) in [4.78, 5) is 28.7. The van der Waals surface area contributed by atoms with Gasteiger partial charge in [-0.1, -0.05) is 25.0 Å². The molecule has 4 rings (SSSR count). The molecule has 8 nitrogen and oxygen atoms in total. The van der Waals surface area contributed by atoms with Gasteiger partial charge < -0.3 is 24.4 Å². The summed E-state index contributed by atoms with van der Waals surface area (Å²) in [7, 11) is 0. The highest BCUT2D eigenvalue weighted by molar-refractivity contribution is 5.94. The Balaban J connectivity index is 1.29. The van der Waals surface area contributed by atoms with Crippen molar-refractivity contribution in [3.05, 3.63) is 54.6 Å². The van der Waals surface area contributed by atoms with Gasteiger partial charge in [-0.05, 0) is 73.9 Å². The molecule has 0 saturated heterocycles. The molecule has 0 spiro atoms. The second kappa shape index (κ2) is 12.3. The van der Waals surface area contributed by atoms with Gasteiger partial charge in [0.1, 0.15) is 11.3 Å². The van der Waals surface area contributed by atoms with Gasteiger partial charge in [0, 0.05) is 17.3 Å². The molecule has 37 heavy (non-hydrogen) atoms. The van der Waals surface area contributed by atoms with E-state index >= 15 is 0 Å². The molecule has 0 fully saturated rings. The maximum atomic E-state index is 12.1. The van der Waals surface area contributed by atoms with E-state index in [1.807, 2.05) is 42.5 Å². The van der Waals surface area contributed by atoms with Crippen molar-refractivity contribution in [2.75, 3.05) is 25.6 Å². The number of fused-ring (bicyclic) bond motifs is 2. The zero-order valence-corrected chi connectivity index (χ0v) is 21.2. The molecule has 0 amide bonds. The molecular formula is C29H32N2O6. The van der Waals surface area contributed by atoms with Crippen molar-refractivity contribution in [1.29, 1.82) is 0 Å². The van der Waals surface area contributed by atoms with Gasteiger partial charge in [0.2, 0.25) is 5.89 Å². The number of hydrogen-bond acceptors (Lipinski definition) is 8. The maximum Gasteiger partial charge on any atom is 0.320 e. The number of unbranched alkanes of at least 4 members (excludes halogenated alkanes) is 2. The minimum atomic E-state index is -0.862. The van der Waals surface area contributed by atoms with Crippen molar-refractivity contribution in [3.8, 4) is 17.2 Å². The van der Waals surface area contributed by atoms with E-state index in [0.29, 0.717) is 36.6 Å². The highest BCUT2D eigenvalue weighted by Crippen LogP contribution is 2.29. The van der Waals surface area contributed by atoms with Crippen molar-refractivity contribution in [2.45, 2.75) is 39.5 Å². The number of anilines is 1. The van der Waals surface area contributed by atoms with E-state index in [2.05, 4.69) is 4.98 Å². The van der Waals surface area contributed by atoms with Gasteiger partial charge >= 0.3 is 11.9 Å². The van der Waals surface area contributed by atoms with E-state index in [9.17, 15) is 9.59 Å². The lowest BCUT2D eigenvalue weighted by atomic mass is 10.0. The largest absolute Gasteiger partial charge is 0.494 e. The lowest BCUT2D eigenvalue weighted by Crippen LogP contribution is -2.28. The van der Waals surface area contributed by atoms with Gasteiger partial charge in [-0.15, -0.1) is 0 Å². The Bertz CT molecular complexity index is 1360. The summed E-state index contributed by atoms with van der Waals surface area (Å²) in [5.41, 5.74) is 8.80. The third kappa shape index (κ3) is 6.58. The first-order chi connectivity index (χ1) is 18.0. The quantitative estimate of drug-likeness (QED) is 0.110. The van der Waals surface area contributed by atoms with Crippen LogP contribution in [0, 0.1) is 5.92 Å². The van der Waals surface area contributed by atoms with Crippen LogP contribution in [0.3, 0.4) is 0 Å². The normalized spacial score (nSPS) is 11.2. The van der Waals surface area contributed by atoms with E-state index in [1.54, 1.807) is 26.0 Å². The van der Waals surface area contributed by atoms with Crippen LogP contribution in [0.2, 0.25) is 0 Å². The smallest absolute Gasteiger partial charge is 0.320 e. The van der Waals surface area contributed by atoms with Gasteiger partial charge in [0.25, 0.3) is 0 Å². The van der Waals surface area contributed by atoms with E-state index in [1.165, 1.54) is 0 Å². The van der Waals surface area contributed by atoms with Crippen LogP contribution in [-0.4, -0.2) is 36.7 Å². The van der Waals surface area contributed by atoms with Crippen LogP contribution in [0.4, 0.5) is 5.69 Å². The van der Waals surface area contributed by atoms with Crippen LogP contribution < -0.4 is 10.5 Å². The number of carbonyl (C=O) groups is 2. The number of nitrogens with two attached hydrogens (primary N) is 1. The van der Waals surface area contributed by atoms with E-state index in [0.717, 1.165) is 40.4 Å². The summed E-state index contributed by atoms with van der Waals surface area (Å²) in [6.07, 6.45) is 2.73. The molecule has 194 valence electrons. The van der Waals surface area contributed by atoms with Crippen molar-refractivity contribution in [1.82, 2.24) is 4.98 Å². The van der Waals surface area contributed by atoms with Crippen LogP contribution in [0.5, 0.6) is 5.75 Å². The number of ether oxygens (including phenoxy) is 3. The number of rotatable bonds is 12. The molecule has 0 aliphatic carbocycles. The molecule has 4 aromatic rings. The number of hydrogen-bond donors (Lipinski definition) is 1. The van der Waals surface area contributed by atoms with E-state index in [-0.39, 0.29) is 13.2 Å². The Labute approximate surface area is 215 Å². The third-order valence-corrected chi connectivity index (χ3v) is 6.02. The molecule has 3 aromatic carbocycles. The number of benzene rings is 3.